The van der Waals surface area contributed by atoms with Crippen LogP contribution in [-0.2, 0) is 16.1 Å². The number of aryl methyl sites for hydroxylation is 2. The molecule has 2 unspecified atom stereocenters. The number of carbonyl (C=O) groups excluding carboxylic acids is 1. The molecule has 0 aromatic heterocycles. The van der Waals surface area contributed by atoms with E-state index in [2.05, 4.69) is 10.1 Å². The molecule has 5 nitrogen and oxygen atoms in total. The average molecular weight is 466 g/mol. The number of anilines is 1. The van der Waals surface area contributed by atoms with Gasteiger partial charge in [0.25, 0.3) is 0 Å². The van der Waals surface area contributed by atoms with E-state index in [9.17, 15) is 9.18 Å². The zero-order valence-corrected chi connectivity index (χ0v) is 20.6. The largest absolute Gasteiger partial charge is 0.394 e. The number of piperidine rings is 1. The first-order valence-electron chi connectivity index (χ1n) is 12.5. The van der Waals surface area contributed by atoms with Gasteiger partial charge in [-0.2, -0.15) is 0 Å². The van der Waals surface area contributed by atoms with Gasteiger partial charge in [-0.15, -0.1) is 0 Å². The molecule has 2 aliphatic rings. The second-order valence-corrected chi connectivity index (χ2v) is 9.87. The molecule has 0 aliphatic carbocycles. The molecule has 2 heterocycles. The van der Waals surface area contributed by atoms with Gasteiger partial charge < -0.3 is 9.74 Å². The Bertz CT molecular complexity index is 1010. The molecule has 0 saturated carbocycles. The smallest absolute Gasteiger partial charge is 0.229 e. The van der Waals surface area contributed by atoms with E-state index in [1.165, 1.54) is 18.9 Å². The maximum Gasteiger partial charge on any atom is 0.229 e. The van der Waals surface area contributed by atoms with E-state index in [0.717, 1.165) is 54.0 Å². The molecule has 0 bridgehead atoms. The van der Waals surface area contributed by atoms with Gasteiger partial charge >= 0.3 is 0 Å². The third-order valence-corrected chi connectivity index (χ3v) is 7.04. The van der Waals surface area contributed by atoms with Crippen molar-refractivity contribution in [3.05, 3.63) is 64.5 Å². The Morgan fingerprint density at radius 2 is 1.85 bits per heavy atom. The van der Waals surface area contributed by atoms with Crippen LogP contribution in [0.1, 0.15) is 48.4 Å². The van der Waals surface area contributed by atoms with E-state index in [0.29, 0.717) is 19.6 Å². The average Bonchev–Trinajstić information content (AvgIpc) is 3.31. The summed E-state index contributed by atoms with van der Waals surface area (Å²) in [6.45, 7) is 10.5. The molecule has 182 valence electrons. The van der Waals surface area contributed by atoms with Crippen molar-refractivity contribution in [3.8, 4) is 0 Å². The van der Waals surface area contributed by atoms with Crippen LogP contribution in [0.25, 0.3) is 0 Å². The van der Waals surface area contributed by atoms with Gasteiger partial charge in [0.1, 0.15) is 12.4 Å². The second kappa shape index (κ2) is 11.1. The fourth-order valence-electron chi connectivity index (χ4n) is 5.43. The van der Waals surface area contributed by atoms with Gasteiger partial charge in [-0.3, -0.25) is 9.69 Å². The summed E-state index contributed by atoms with van der Waals surface area (Å²) < 4.78 is 14.2. The number of hydrogen-bond acceptors (Lipinski definition) is 4. The molecular formula is C28H36FN3O2. The number of amides is 1. The van der Waals surface area contributed by atoms with Crippen LogP contribution in [0.4, 0.5) is 10.1 Å². The lowest BCUT2D eigenvalue weighted by Gasteiger charge is -2.38. The maximum atomic E-state index is 14.2. The molecule has 2 aromatic carbocycles. The SMILES string of the molecule is Cc1cc(/C=N/OCCN2CCCC2)cc(C)c1N1CC(Cc2ccccc2F)CC(C)C1=O. The van der Waals surface area contributed by atoms with Gasteiger partial charge in [0.2, 0.25) is 5.91 Å². The van der Waals surface area contributed by atoms with E-state index in [4.69, 9.17) is 4.84 Å². The van der Waals surface area contributed by atoms with E-state index >= 15 is 0 Å². The number of halogens is 1. The first-order valence-corrected chi connectivity index (χ1v) is 12.5. The molecule has 2 aliphatic heterocycles. The van der Waals surface area contributed by atoms with Crippen LogP contribution < -0.4 is 4.90 Å². The van der Waals surface area contributed by atoms with Crippen molar-refractivity contribution in [3.63, 3.8) is 0 Å². The topological polar surface area (TPSA) is 45.1 Å². The van der Waals surface area contributed by atoms with Crippen LogP contribution >= 0.6 is 0 Å². The highest BCUT2D eigenvalue weighted by Gasteiger charge is 2.34. The van der Waals surface area contributed by atoms with E-state index < -0.39 is 0 Å². The number of carbonyl (C=O) groups is 1. The van der Waals surface area contributed by atoms with Gasteiger partial charge in [-0.25, -0.2) is 4.39 Å². The molecule has 1 amide bonds. The van der Waals surface area contributed by atoms with Crippen molar-refractivity contribution in [2.75, 3.05) is 37.7 Å². The quantitative estimate of drug-likeness (QED) is 0.309. The Labute approximate surface area is 202 Å². The van der Waals surface area contributed by atoms with Crippen molar-refractivity contribution < 1.29 is 14.0 Å². The van der Waals surface area contributed by atoms with Crippen LogP contribution in [-0.4, -0.2) is 49.8 Å². The Balaban J connectivity index is 1.43. The summed E-state index contributed by atoms with van der Waals surface area (Å²) in [5, 5.41) is 4.15. The van der Waals surface area contributed by atoms with Gasteiger partial charge in [-0.1, -0.05) is 30.3 Å². The number of rotatable bonds is 8. The monoisotopic (exact) mass is 465 g/mol. The summed E-state index contributed by atoms with van der Waals surface area (Å²) >= 11 is 0. The molecule has 6 heteroatoms. The first-order chi connectivity index (χ1) is 16.4. The minimum Gasteiger partial charge on any atom is -0.394 e. The van der Waals surface area contributed by atoms with Crippen molar-refractivity contribution in [1.29, 1.82) is 0 Å². The molecule has 34 heavy (non-hydrogen) atoms. The lowest BCUT2D eigenvalue weighted by Crippen LogP contribution is -2.46. The lowest BCUT2D eigenvalue weighted by atomic mass is 9.84. The lowest BCUT2D eigenvalue weighted by molar-refractivity contribution is -0.124. The first kappa shape index (κ1) is 24.4. The summed E-state index contributed by atoms with van der Waals surface area (Å²) in [5.74, 6) is 0.100. The van der Waals surface area contributed by atoms with E-state index in [1.54, 1.807) is 12.3 Å². The van der Waals surface area contributed by atoms with Crippen molar-refractivity contribution in [2.45, 2.75) is 46.5 Å². The molecule has 0 spiro atoms. The molecule has 2 atom stereocenters. The van der Waals surface area contributed by atoms with Crippen molar-refractivity contribution in [1.82, 2.24) is 4.90 Å². The zero-order valence-electron chi connectivity index (χ0n) is 20.6. The molecule has 4 rings (SSSR count). The standard InChI is InChI=1S/C28H36FN3O2/c1-20-14-23(18-30-34-13-12-31-10-6-7-11-31)15-21(2)27(20)32-19-24(16-22(3)28(32)33)17-25-8-4-5-9-26(25)29/h4-5,8-9,14-15,18,22,24H,6-7,10-13,16-17,19H2,1-3H3/b30-18+. The Morgan fingerprint density at radius 1 is 1.15 bits per heavy atom. The highest BCUT2D eigenvalue weighted by atomic mass is 19.1. The molecular weight excluding hydrogens is 429 g/mol. The van der Waals surface area contributed by atoms with Gasteiger partial charge in [0, 0.05) is 24.7 Å². The Hall–Kier alpha value is -2.73. The Kier molecular flexibility index (Phi) is 7.99. The van der Waals surface area contributed by atoms with E-state index in [1.807, 2.05) is 49.9 Å². The number of hydrogen-bond donors (Lipinski definition) is 0. The predicted octanol–water partition coefficient (Wildman–Crippen LogP) is 5.12. The number of benzene rings is 2. The van der Waals surface area contributed by atoms with Gasteiger partial charge in [0.15, 0.2) is 0 Å². The molecule has 2 aromatic rings. The van der Waals surface area contributed by atoms with Crippen LogP contribution in [0.15, 0.2) is 41.6 Å². The number of nitrogens with zero attached hydrogens (tertiary/aromatic N) is 3. The summed E-state index contributed by atoms with van der Waals surface area (Å²) in [4.78, 5) is 22.9. The summed E-state index contributed by atoms with van der Waals surface area (Å²) in [6.07, 6.45) is 5.71. The van der Waals surface area contributed by atoms with Gasteiger partial charge in [0.05, 0.1) is 6.21 Å². The zero-order chi connectivity index (χ0) is 24.1. The fourth-order valence-corrected chi connectivity index (χ4v) is 5.43. The summed E-state index contributed by atoms with van der Waals surface area (Å²) in [7, 11) is 0. The van der Waals surface area contributed by atoms with E-state index in [-0.39, 0.29) is 23.6 Å². The highest BCUT2D eigenvalue weighted by molar-refractivity contribution is 5.97. The van der Waals surface area contributed by atoms with Crippen molar-refractivity contribution >= 4 is 17.8 Å². The molecule has 2 fully saturated rings. The maximum absolute atomic E-state index is 14.2. The minimum atomic E-state index is -0.169. The Morgan fingerprint density at radius 3 is 2.56 bits per heavy atom. The minimum absolute atomic E-state index is 0.0884. The van der Waals surface area contributed by atoms with Crippen LogP contribution in [0.2, 0.25) is 0 Å². The molecule has 2 saturated heterocycles. The third-order valence-electron chi connectivity index (χ3n) is 7.04. The van der Waals surface area contributed by atoms with Crippen molar-refractivity contribution in [2.24, 2.45) is 17.0 Å². The van der Waals surface area contributed by atoms with Crippen LogP contribution in [0.3, 0.4) is 0 Å². The second-order valence-electron chi connectivity index (χ2n) is 9.87. The summed E-state index contributed by atoms with van der Waals surface area (Å²) in [5.41, 5.74) is 4.71. The van der Waals surface area contributed by atoms with Crippen LogP contribution in [0.5, 0.6) is 0 Å². The number of likely N-dealkylation sites (tertiary alicyclic amines) is 1. The predicted molar refractivity (Wildman–Crippen MR) is 135 cm³/mol. The van der Waals surface area contributed by atoms with Crippen LogP contribution in [0, 0.1) is 31.5 Å². The summed E-state index contributed by atoms with van der Waals surface area (Å²) in [6, 6.07) is 11.0. The molecule has 0 radical (unpaired) electrons. The fraction of sp³-hybridized carbons (Fsp3) is 0.500. The van der Waals surface area contributed by atoms with Gasteiger partial charge in [-0.05, 0) is 99.0 Å². The molecule has 0 N–H and O–H groups in total. The highest BCUT2D eigenvalue weighted by Crippen LogP contribution is 2.34. The third kappa shape index (κ3) is 5.84. The number of oxime groups is 1. The normalized spacial score (nSPS) is 21.5.